The van der Waals surface area contributed by atoms with E-state index < -0.39 is 6.10 Å². The van der Waals surface area contributed by atoms with E-state index in [-0.39, 0.29) is 12.6 Å². The average Bonchev–Trinajstić information content (AvgIpc) is 2.71. The van der Waals surface area contributed by atoms with Crippen molar-refractivity contribution >= 4 is 5.96 Å². The number of nitrogens with one attached hydrogen (secondary N) is 2. The van der Waals surface area contributed by atoms with Crippen molar-refractivity contribution in [1.82, 2.24) is 10.6 Å². The van der Waals surface area contributed by atoms with Crippen molar-refractivity contribution in [2.45, 2.75) is 26.0 Å². The Hall–Kier alpha value is -2.73. The van der Waals surface area contributed by atoms with Crippen molar-refractivity contribution in [3.63, 3.8) is 0 Å². The number of hydrogen-bond donors (Lipinski definition) is 3. The molecule has 0 spiro atoms. The fourth-order valence-electron chi connectivity index (χ4n) is 2.66. The number of benzene rings is 2. The molecule has 0 radical (unpaired) electrons. The molecule has 0 bridgehead atoms. The van der Waals surface area contributed by atoms with Gasteiger partial charge in [-0.2, -0.15) is 0 Å². The fraction of sp³-hybridized carbons (Fsp3) is 0.381. The van der Waals surface area contributed by atoms with Gasteiger partial charge in [0.25, 0.3) is 0 Å². The summed E-state index contributed by atoms with van der Waals surface area (Å²) in [6, 6.07) is 15.6. The van der Waals surface area contributed by atoms with E-state index in [0.717, 1.165) is 6.54 Å². The molecule has 0 saturated carbocycles. The van der Waals surface area contributed by atoms with Gasteiger partial charge < -0.3 is 25.2 Å². The molecule has 0 aromatic heterocycles. The highest BCUT2D eigenvalue weighted by molar-refractivity contribution is 5.80. The van der Waals surface area contributed by atoms with Crippen LogP contribution in [0.4, 0.5) is 0 Å². The van der Waals surface area contributed by atoms with Crippen LogP contribution in [0, 0.1) is 0 Å². The Balaban J connectivity index is 2.09. The zero-order valence-corrected chi connectivity index (χ0v) is 16.4. The molecule has 0 aliphatic carbocycles. The summed E-state index contributed by atoms with van der Waals surface area (Å²) in [6.45, 7) is 5.03. The second-order valence-corrected chi connectivity index (χ2v) is 6.16. The van der Waals surface area contributed by atoms with E-state index in [1.165, 1.54) is 5.56 Å². The lowest BCUT2D eigenvalue weighted by Crippen LogP contribution is -2.39. The van der Waals surface area contributed by atoms with Crippen molar-refractivity contribution in [2.75, 3.05) is 27.3 Å². The van der Waals surface area contributed by atoms with Gasteiger partial charge in [0.2, 0.25) is 0 Å². The number of aliphatic hydroxyl groups is 1. The molecule has 3 N–H and O–H groups in total. The third-order valence-electron chi connectivity index (χ3n) is 4.18. The van der Waals surface area contributed by atoms with Gasteiger partial charge >= 0.3 is 0 Å². The molecule has 2 atom stereocenters. The molecule has 0 heterocycles. The van der Waals surface area contributed by atoms with E-state index in [1.807, 2.05) is 25.1 Å². The van der Waals surface area contributed by atoms with E-state index >= 15 is 0 Å². The van der Waals surface area contributed by atoms with Crippen LogP contribution in [0.25, 0.3) is 0 Å². The third-order valence-corrected chi connectivity index (χ3v) is 4.18. The minimum Gasteiger partial charge on any atom is -0.497 e. The normalized spacial score (nSPS) is 13.6. The molecule has 6 heteroatoms. The maximum atomic E-state index is 10.6. The van der Waals surface area contributed by atoms with Crippen molar-refractivity contribution in [2.24, 2.45) is 4.99 Å². The minimum absolute atomic E-state index is 0.0954. The van der Waals surface area contributed by atoms with E-state index in [1.54, 1.807) is 32.4 Å². The third kappa shape index (κ3) is 6.18. The summed E-state index contributed by atoms with van der Waals surface area (Å²) in [5.41, 5.74) is 1.86. The summed E-state index contributed by atoms with van der Waals surface area (Å²) in [5.74, 6) is 1.92. The molecule has 2 aromatic rings. The van der Waals surface area contributed by atoms with E-state index in [4.69, 9.17) is 9.47 Å². The molecular formula is C21H29N3O3. The Morgan fingerprint density at radius 2 is 1.67 bits per heavy atom. The molecule has 6 nitrogen and oxygen atoms in total. The number of guanidine groups is 1. The van der Waals surface area contributed by atoms with E-state index in [9.17, 15) is 5.11 Å². The molecule has 0 aliphatic heterocycles. The minimum atomic E-state index is -0.767. The lowest BCUT2D eigenvalue weighted by atomic mass is 10.1. The van der Waals surface area contributed by atoms with Crippen LogP contribution in [0.2, 0.25) is 0 Å². The maximum absolute atomic E-state index is 10.6. The Morgan fingerprint density at radius 3 is 2.22 bits per heavy atom. The monoisotopic (exact) mass is 371 g/mol. The van der Waals surface area contributed by atoms with Crippen LogP contribution in [0.1, 0.15) is 37.1 Å². The molecule has 0 fully saturated rings. The molecule has 27 heavy (non-hydrogen) atoms. The Morgan fingerprint density at radius 1 is 1.04 bits per heavy atom. The largest absolute Gasteiger partial charge is 0.497 e. The average molecular weight is 371 g/mol. The summed E-state index contributed by atoms with van der Waals surface area (Å²) >= 11 is 0. The molecular weight excluding hydrogens is 342 g/mol. The van der Waals surface area contributed by atoms with E-state index in [0.29, 0.717) is 23.0 Å². The number of hydrogen-bond acceptors (Lipinski definition) is 4. The van der Waals surface area contributed by atoms with Gasteiger partial charge in [0.15, 0.2) is 5.96 Å². The first kappa shape index (κ1) is 20.6. The Labute approximate surface area is 161 Å². The van der Waals surface area contributed by atoms with E-state index in [2.05, 4.69) is 34.7 Å². The van der Waals surface area contributed by atoms with Crippen molar-refractivity contribution in [3.8, 4) is 11.5 Å². The van der Waals surface area contributed by atoms with Gasteiger partial charge in [-0.15, -0.1) is 0 Å². The van der Waals surface area contributed by atoms with Crippen LogP contribution >= 0.6 is 0 Å². The van der Waals surface area contributed by atoms with Gasteiger partial charge in [-0.1, -0.05) is 30.3 Å². The number of aliphatic hydroxyl groups excluding tert-OH is 1. The Kier molecular flexibility index (Phi) is 7.95. The zero-order chi connectivity index (χ0) is 19.6. The number of aliphatic imine (C=N–C) groups is 1. The smallest absolute Gasteiger partial charge is 0.191 e. The molecule has 146 valence electrons. The van der Waals surface area contributed by atoms with Gasteiger partial charge in [0.05, 0.1) is 32.9 Å². The van der Waals surface area contributed by atoms with Crippen LogP contribution in [0.5, 0.6) is 11.5 Å². The van der Waals surface area contributed by atoms with Crippen LogP contribution in [0.3, 0.4) is 0 Å². The van der Waals surface area contributed by atoms with Gasteiger partial charge in [-0.3, -0.25) is 4.99 Å². The number of methoxy groups -OCH3 is 2. The molecule has 2 aromatic carbocycles. The first-order chi connectivity index (χ1) is 13.1. The van der Waals surface area contributed by atoms with Gasteiger partial charge in [0.1, 0.15) is 11.5 Å². The van der Waals surface area contributed by atoms with Gasteiger partial charge in [-0.25, -0.2) is 0 Å². The first-order valence-corrected chi connectivity index (χ1v) is 9.08. The molecule has 0 saturated heterocycles. The summed E-state index contributed by atoms with van der Waals surface area (Å²) in [4.78, 5) is 4.53. The number of rotatable bonds is 8. The van der Waals surface area contributed by atoms with Gasteiger partial charge in [-0.05, 0) is 37.1 Å². The molecule has 2 unspecified atom stereocenters. The summed E-state index contributed by atoms with van der Waals surface area (Å²) in [5, 5.41) is 17.1. The fourth-order valence-corrected chi connectivity index (χ4v) is 2.66. The van der Waals surface area contributed by atoms with Crippen LogP contribution < -0.4 is 20.1 Å². The van der Waals surface area contributed by atoms with Crippen molar-refractivity contribution < 1.29 is 14.6 Å². The zero-order valence-electron chi connectivity index (χ0n) is 16.4. The highest BCUT2D eigenvalue weighted by Crippen LogP contribution is 2.26. The van der Waals surface area contributed by atoms with Crippen LogP contribution in [-0.2, 0) is 0 Å². The van der Waals surface area contributed by atoms with Crippen molar-refractivity contribution in [1.29, 1.82) is 0 Å². The quantitative estimate of drug-likeness (QED) is 0.491. The second kappa shape index (κ2) is 10.4. The lowest BCUT2D eigenvalue weighted by Gasteiger charge is -2.19. The summed E-state index contributed by atoms with van der Waals surface area (Å²) in [6.07, 6.45) is -0.767. The van der Waals surface area contributed by atoms with Crippen molar-refractivity contribution in [3.05, 3.63) is 59.7 Å². The van der Waals surface area contributed by atoms with Crippen LogP contribution in [-0.4, -0.2) is 38.4 Å². The molecule has 0 aliphatic rings. The number of nitrogens with zero attached hydrogens (tertiary/aromatic N) is 1. The van der Waals surface area contributed by atoms with Crippen LogP contribution in [0.15, 0.2) is 53.5 Å². The summed E-state index contributed by atoms with van der Waals surface area (Å²) < 4.78 is 10.5. The molecule has 2 rings (SSSR count). The molecule has 0 amide bonds. The highest BCUT2D eigenvalue weighted by atomic mass is 16.5. The second-order valence-electron chi connectivity index (χ2n) is 6.16. The first-order valence-electron chi connectivity index (χ1n) is 9.08. The SMILES string of the molecule is CCNC(=NCC(O)c1cc(OC)cc(OC)c1)NC(C)c1ccccc1. The topological polar surface area (TPSA) is 75.1 Å². The Bertz CT molecular complexity index is 712. The standard InChI is InChI=1S/C21H29N3O3/c1-5-22-21(24-15(2)16-9-7-6-8-10-16)23-14-20(25)17-11-18(26-3)13-19(12-17)27-4/h6-13,15,20,25H,5,14H2,1-4H3,(H2,22,23,24). The number of ether oxygens (including phenoxy) is 2. The van der Waals surface area contributed by atoms with Gasteiger partial charge in [0, 0.05) is 12.6 Å². The maximum Gasteiger partial charge on any atom is 0.191 e. The highest BCUT2D eigenvalue weighted by Gasteiger charge is 2.12. The predicted octanol–water partition coefficient (Wildman–Crippen LogP) is 3.05. The summed E-state index contributed by atoms with van der Waals surface area (Å²) in [7, 11) is 3.17. The lowest BCUT2D eigenvalue weighted by molar-refractivity contribution is 0.186. The predicted molar refractivity (Wildman–Crippen MR) is 108 cm³/mol.